The highest BCUT2D eigenvalue weighted by atomic mass is 19.4. The van der Waals surface area contributed by atoms with Crippen LogP contribution in [0.3, 0.4) is 0 Å². The van der Waals surface area contributed by atoms with Gasteiger partial charge in [-0.2, -0.15) is 18.3 Å². The first-order valence-corrected chi connectivity index (χ1v) is 8.83. The molecular formula is C19H15F4N5O2. The second-order valence-electron chi connectivity index (χ2n) is 6.96. The van der Waals surface area contributed by atoms with Crippen molar-refractivity contribution in [3.05, 3.63) is 58.8 Å². The van der Waals surface area contributed by atoms with E-state index in [-0.39, 0.29) is 19.1 Å². The van der Waals surface area contributed by atoms with E-state index in [0.717, 1.165) is 18.3 Å². The smallest absolute Gasteiger partial charge is 0.332 e. The van der Waals surface area contributed by atoms with Gasteiger partial charge < -0.3 is 4.90 Å². The number of carbonyl (C=O) groups excluding carboxylic acids is 1. The first kappa shape index (κ1) is 19.8. The van der Waals surface area contributed by atoms with Gasteiger partial charge in [0.2, 0.25) is 0 Å². The molecule has 0 N–H and O–H groups in total. The number of aryl methyl sites for hydroxylation is 1. The van der Waals surface area contributed by atoms with Crippen molar-refractivity contribution in [2.75, 3.05) is 13.1 Å². The third kappa shape index (κ3) is 3.15. The van der Waals surface area contributed by atoms with Crippen LogP contribution in [0.1, 0.15) is 11.6 Å². The fraction of sp³-hybridized carbons (Fsp3) is 0.263. The Kier molecular flexibility index (Phi) is 4.48. The highest BCUT2D eigenvalue weighted by molar-refractivity contribution is 5.91. The van der Waals surface area contributed by atoms with Crippen LogP contribution in [0.4, 0.5) is 17.6 Å². The quantitative estimate of drug-likeness (QED) is 0.482. The summed E-state index contributed by atoms with van der Waals surface area (Å²) >= 11 is 0. The van der Waals surface area contributed by atoms with Crippen LogP contribution >= 0.6 is 0 Å². The van der Waals surface area contributed by atoms with E-state index in [1.165, 1.54) is 33.3 Å². The third-order valence-corrected chi connectivity index (χ3v) is 5.03. The Labute approximate surface area is 166 Å². The molecule has 11 heteroatoms. The Balaban J connectivity index is 1.78. The number of amides is 1. The molecule has 1 aliphatic heterocycles. The zero-order valence-corrected chi connectivity index (χ0v) is 15.6. The van der Waals surface area contributed by atoms with Gasteiger partial charge in [-0.3, -0.25) is 14.2 Å². The van der Waals surface area contributed by atoms with E-state index in [2.05, 4.69) is 16.7 Å². The molecule has 0 unspecified atom stereocenters. The van der Waals surface area contributed by atoms with Gasteiger partial charge in [0.15, 0.2) is 11.5 Å². The number of carbonyl (C=O) groups is 1. The molecule has 0 radical (unpaired) electrons. The van der Waals surface area contributed by atoms with Gasteiger partial charge >= 0.3 is 6.18 Å². The molecule has 3 heterocycles. The summed E-state index contributed by atoms with van der Waals surface area (Å²) in [6.45, 7) is 3.28. The van der Waals surface area contributed by atoms with Gasteiger partial charge in [0.1, 0.15) is 11.2 Å². The number of hydrogen-bond donors (Lipinski definition) is 0. The number of benzene rings is 1. The highest BCUT2D eigenvalue weighted by Crippen LogP contribution is 2.34. The summed E-state index contributed by atoms with van der Waals surface area (Å²) in [4.78, 5) is 29.2. The summed E-state index contributed by atoms with van der Waals surface area (Å²) < 4.78 is 54.5. The van der Waals surface area contributed by atoms with E-state index in [1.54, 1.807) is 0 Å². The molecule has 3 aromatic rings. The van der Waals surface area contributed by atoms with Gasteiger partial charge in [-0.25, -0.2) is 14.1 Å². The summed E-state index contributed by atoms with van der Waals surface area (Å²) in [6, 6.07) is 4.10. The minimum Gasteiger partial charge on any atom is -0.332 e. The zero-order valence-electron chi connectivity index (χ0n) is 15.6. The van der Waals surface area contributed by atoms with E-state index in [0.29, 0.717) is 22.4 Å². The standard InChI is InChI=1S/C19H15F4N5O2/c1-10(20)18(30)27-8-13(9-27)28-17-16(24-7-14(29)26(17)2)15(25-28)11-3-5-12(6-4-11)19(21,22)23/h3-7,13H,1,8-9H2,2H3. The lowest BCUT2D eigenvalue weighted by Crippen LogP contribution is -2.51. The summed E-state index contributed by atoms with van der Waals surface area (Å²) in [6.07, 6.45) is -3.36. The molecule has 156 valence electrons. The van der Waals surface area contributed by atoms with Crippen molar-refractivity contribution >= 4 is 17.1 Å². The molecule has 7 nitrogen and oxygen atoms in total. The van der Waals surface area contributed by atoms with Crippen LogP contribution in [0, 0.1) is 0 Å². The van der Waals surface area contributed by atoms with Crippen LogP contribution in [0.5, 0.6) is 0 Å². The number of halogens is 4. The number of rotatable bonds is 3. The topological polar surface area (TPSA) is 73.0 Å². The lowest BCUT2D eigenvalue weighted by Gasteiger charge is -2.38. The maximum absolute atomic E-state index is 13.1. The number of aromatic nitrogens is 4. The van der Waals surface area contributed by atoms with Gasteiger partial charge in [0.25, 0.3) is 11.5 Å². The van der Waals surface area contributed by atoms with Gasteiger partial charge in [0.05, 0.1) is 17.8 Å². The minimum atomic E-state index is -4.47. The fourth-order valence-electron chi connectivity index (χ4n) is 3.37. The summed E-state index contributed by atoms with van der Waals surface area (Å²) in [5.41, 5.74) is 0.184. The van der Waals surface area contributed by atoms with Crippen molar-refractivity contribution < 1.29 is 22.4 Å². The maximum Gasteiger partial charge on any atom is 0.416 e. The third-order valence-electron chi connectivity index (χ3n) is 5.03. The largest absolute Gasteiger partial charge is 0.416 e. The molecule has 1 aromatic carbocycles. The Morgan fingerprint density at radius 3 is 2.40 bits per heavy atom. The molecule has 0 atom stereocenters. The van der Waals surface area contributed by atoms with Crippen LogP contribution in [-0.2, 0) is 18.0 Å². The molecule has 0 saturated carbocycles. The lowest BCUT2D eigenvalue weighted by molar-refractivity contribution is -0.137. The minimum absolute atomic E-state index is 0.147. The normalized spacial score (nSPS) is 14.8. The Hall–Kier alpha value is -3.50. The van der Waals surface area contributed by atoms with E-state index in [1.807, 2.05) is 0 Å². The Morgan fingerprint density at radius 1 is 1.20 bits per heavy atom. The molecule has 1 fully saturated rings. The van der Waals surface area contributed by atoms with Crippen LogP contribution in [-0.4, -0.2) is 43.2 Å². The lowest BCUT2D eigenvalue weighted by atomic mass is 10.1. The van der Waals surface area contributed by atoms with Crippen molar-refractivity contribution in [1.29, 1.82) is 0 Å². The summed E-state index contributed by atoms with van der Waals surface area (Å²) in [5.74, 6) is -1.89. The van der Waals surface area contributed by atoms with Crippen LogP contribution < -0.4 is 5.56 Å². The Bertz CT molecular complexity index is 1220. The predicted molar refractivity (Wildman–Crippen MR) is 99.1 cm³/mol. The van der Waals surface area contributed by atoms with Crippen molar-refractivity contribution in [2.24, 2.45) is 7.05 Å². The fourth-order valence-corrected chi connectivity index (χ4v) is 3.37. The molecule has 0 bridgehead atoms. The van der Waals surface area contributed by atoms with Gasteiger partial charge in [-0.05, 0) is 12.1 Å². The summed E-state index contributed by atoms with van der Waals surface area (Å²) in [7, 11) is 1.52. The second kappa shape index (κ2) is 6.78. The summed E-state index contributed by atoms with van der Waals surface area (Å²) in [5, 5.41) is 4.47. The van der Waals surface area contributed by atoms with Crippen molar-refractivity contribution in [3.63, 3.8) is 0 Å². The highest BCUT2D eigenvalue weighted by Gasteiger charge is 2.36. The van der Waals surface area contributed by atoms with Gasteiger partial charge in [-0.15, -0.1) is 0 Å². The zero-order chi connectivity index (χ0) is 21.8. The number of hydrogen-bond acceptors (Lipinski definition) is 4. The van der Waals surface area contributed by atoms with Gasteiger partial charge in [-0.1, -0.05) is 18.7 Å². The Morgan fingerprint density at radius 2 is 1.83 bits per heavy atom. The average molecular weight is 421 g/mol. The molecule has 2 aromatic heterocycles. The number of fused-ring (bicyclic) bond motifs is 1. The molecule has 0 aliphatic carbocycles. The molecule has 1 amide bonds. The molecular weight excluding hydrogens is 406 g/mol. The van der Waals surface area contributed by atoms with Crippen LogP contribution in [0.2, 0.25) is 0 Å². The molecule has 0 spiro atoms. The number of likely N-dealkylation sites (tertiary alicyclic amines) is 1. The van der Waals surface area contributed by atoms with E-state index in [4.69, 9.17) is 0 Å². The predicted octanol–water partition coefficient (Wildman–Crippen LogP) is 2.68. The van der Waals surface area contributed by atoms with E-state index in [9.17, 15) is 27.2 Å². The molecule has 30 heavy (non-hydrogen) atoms. The first-order valence-electron chi connectivity index (χ1n) is 8.83. The molecule has 4 rings (SSSR count). The molecule has 1 saturated heterocycles. The monoisotopic (exact) mass is 421 g/mol. The van der Waals surface area contributed by atoms with Crippen LogP contribution in [0.15, 0.2) is 47.7 Å². The number of alkyl halides is 3. The number of nitrogens with zero attached hydrogens (tertiary/aromatic N) is 5. The van der Waals surface area contributed by atoms with Gasteiger partial charge in [0, 0.05) is 25.7 Å². The van der Waals surface area contributed by atoms with E-state index < -0.39 is 29.0 Å². The SMILES string of the molecule is C=C(F)C(=O)N1CC(n2nc(-c3ccc(C(F)(F)F)cc3)c3ncc(=O)n(C)c32)C1. The average Bonchev–Trinajstić information content (AvgIpc) is 3.02. The van der Waals surface area contributed by atoms with Crippen LogP contribution in [0.25, 0.3) is 22.4 Å². The maximum atomic E-state index is 13.1. The van der Waals surface area contributed by atoms with Crippen molar-refractivity contribution in [2.45, 2.75) is 12.2 Å². The van der Waals surface area contributed by atoms with Crippen molar-refractivity contribution in [1.82, 2.24) is 24.2 Å². The molecule has 1 aliphatic rings. The van der Waals surface area contributed by atoms with E-state index >= 15 is 0 Å². The first-order chi connectivity index (χ1) is 14.1. The second-order valence-corrected chi connectivity index (χ2v) is 6.96. The van der Waals surface area contributed by atoms with Crippen molar-refractivity contribution in [3.8, 4) is 11.3 Å².